The Morgan fingerprint density at radius 2 is 1.95 bits per heavy atom. The molecule has 0 aliphatic heterocycles. The number of methoxy groups -OCH3 is 1. The first-order chi connectivity index (χ1) is 9.95. The van der Waals surface area contributed by atoms with Crippen molar-refractivity contribution in [3.05, 3.63) is 35.9 Å². The van der Waals surface area contributed by atoms with Crippen molar-refractivity contribution in [2.75, 3.05) is 7.11 Å². The molecule has 1 fully saturated rings. The molecule has 0 heterocycles. The lowest BCUT2D eigenvalue weighted by atomic mass is 9.81. The Bertz CT molecular complexity index is 510. The quantitative estimate of drug-likeness (QED) is 0.867. The molecule has 1 saturated carbocycles. The van der Waals surface area contributed by atoms with Gasteiger partial charge in [0.15, 0.2) is 6.04 Å². The van der Waals surface area contributed by atoms with E-state index in [2.05, 4.69) is 19.2 Å². The molecule has 21 heavy (non-hydrogen) atoms. The second kappa shape index (κ2) is 6.29. The number of ether oxygens (including phenoxy) is 1. The summed E-state index contributed by atoms with van der Waals surface area (Å²) in [5, 5.41) is 2.87. The van der Waals surface area contributed by atoms with Crippen LogP contribution in [0.1, 0.15) is 44.7 Å². The molecule has 1 aliphatic rings. The van der Waals surface area contributed by atoms with Crippen LogP contribution in [0, 0.1) is 11.3 Å². The Balaban J connectivity index is 2.16. The minimum atomic E-state index is -0.736. The maximum absolute atomic E-state index is 12.5. The molecular weight excluding hydrogens is 266 g/mol. The summed E-state index contributed by atoms with van der Waals surface area (Å²) in [6.07, 6.45) is 2.97. The third kappa shape index (κ3) is 3.43. The van der Waals surface area contributed by atoms with Gasteiger partial charge in [-0.15, -0.1) is 0 Å². The minimum Gasteiger partial charge on any atom is -0.467 e. The highest BCUT2D eigenvalue weighted by Crippen LogP contribution is 2.42. The largest absolute Gasteiger partial charge is 0.467 e. The first-order valence-corrected chi connectivity index (χ1v) is 7.39. The SMILES string of the molecule is COC(=O)[C@H](NC(=O)[C@@H]1CCCC1(C)C)c1ccccc1. The van der Waals surface area contributed by atoms with Gasteiger partial charge in [-0.3, -0.25) is 4.79 Å². The van der Waals surface area contributed by atoms with Crippen molar-refractivity contribution in [3.8, 4) is 0 Å². The van der Waals surface area contributed by atoms with Crippen molar-refractivity contribution in [1.82, 2.24) is 5.32 Å². The maximum Gasteiger partial charge on any atom is 0.333 e. The molecule has 1 aliphatic carbocycles. The number of hydrogen-bond donors (Lipinski definition) is 1. The zero-order valence-corrected chi connectivity index (χ0v) is 12.9. The lowest BCUT2D eigenvalue weighted by Crippen LogP contribution is -2.41. The van der Waals surface area contributed by atoms with Gasteiger partial charge in [0.2, 0.25) is 5.91 Å². The fourth-order valence-electron chi connectivity index (χ4n) is 3.10. The highest BCUT2D eigenvalue weighted by molar-refractivity contribution is 5.87. The third-order valence-corrected chi connectivity index (χ3v) is 4.43. The van der Waals surface area contributed by atoms with Crippen molar-refractivity contribution >= 4 is 11.9 Å². The van der Waals surface area contributed by atoms with Gasteiger partial charge >= 0.3 is 5.97 Å². The van der Waals surface area contributed by atoms with Gasteiger partial charge in [-0.2, -0.15) is 0 Å². The smallest absolute Gasteiger partial charge is 0.333 e. The summed E-state index contributed by atoms with van der Waals surface area (Å²) in [6, 6.07) is 8.47. The van der Waals surface area contributed by atoms with Gasteiger partial charge in [-0.25, -0.2) is 4.79 Å². The Hall–Kier alpha value is -1.84. The lowest BCUT2D eigenvalue weighted by Gasteiger charge is -2.27. The first-order valence-electron chi connectivity index (χ1n) is 7.39. The normalized spacial score (nSPS) is 21.6. The first kappa shape index (κ1) is 15.5. The van der Waals surface area contributed by atoms with Crippen molar-refractivity contribution in [2.24, 2.45) is 11.3 Å². The molecule has 1 N–H and O–H groups in total. The molecule has 0 bridgehead atoms. The standard InChI is InChI=1S/C17H23NO3/c1-17(2)11-7-10-13(17)15(19)18-14(16(20)21-3)12-8-5-4-6-9-12/h4-6,8-9,13-14H,7,10-11H2,1-3H3,(H,18,19)/t13-,14+/m0/s1. The van der Waals surface area contributed by atoms with Gasteiger partial charge < -0.3 is 10.1 Å². The van der Waals surface area contributed by atoms with Crippen molar-refractivity contribution < 1.29 is 14.3 Å². The van der Waals surface area contributed by atoms with E-state index >= 15 is 0 Å². The van der Waals surface area contributed by atoms with Crippen LogP contribution in [0.3, 0.4) is 0 Å². The third-order valence-electron chi connectivity index (χ3n) is 4.43. The molecule has 1 aromatic carbocycles. The zero-order chi connectivity index (χ0) is 15.5. The van der Waals surface area contributed by atoms with Gasteiger partial charge in [-0.05, 0) is 23.8 Å². The number of rotatable bonds is 4. The number of carbonyl (C=O) groups excluding carboxylic acids is 2. The monoisotopic (exact) mass is 289 g/mol. The van der Waals surface area contributed by atoms with Gasteiger partial charge in [0, 0.05) is 5.92 Å². The molecule has 4 heteroatoms. The average molecular weight is 289 g/mol. The Morgan fingerprint density at radius 1 is 1.29 bits per heavy atom. The molecule has 0 unspecified atom stereocenters. The fraction of sp³-hybridized carbons (Fsp3) is 0.529. The van der Waals surface area contributed by atoms with Crippen LogP contribution in [0.25, 0.3) is 0 Å². The molecule has 0 aromatic heterocycles. The van der Waals surface area contributed by atoms with Gasteiger partial charge in [-0.1, -0.05) is 50.6 Å². The molecule has 0 saturated heterocycles. The number of benzene rings is 1. The van der Waals surface area contributed by atoms with Crippen molar-refractivity contribution in [3.63, 3.8) is 0 Å². The summed E-state index contributed by atoms with van der Waals surface area (Å²) >= 11 is 0. The topological polar surface area (TPSA) is 55.4 Å². The van der Waals surface area contributed by atoms with Crippen LogP contribution in [0.15, 0.2) is 30.3 Å². The molecule has 114 valence electrons. The van der Waals surface area contributed by atoms with E-state index in [0.29, 0.717) is 0 Å². The highest BCUT2D eigenvalue weighted by atomic mass is 16.5. The number of esters is 1. The van der Waals surface area contributed by atoms with E-state index in [0.717, 1.165) is 24.8 Å². The van der Waals surface area contributed by atoms with Crippen molar-refractivity contribution in [2.45, 2.75) is 39.2 Å². The van der Waals surface area contributed by atoms with Crippen LogP contribution >= 0.6 is 0 Å². The molecule has 1 aromatic rings. The van der Waals surface area contributed by atoms with E-state index in [1.165, 1.54) is 7.11 Å². The van der Waals surface area contributed by atoms with E-state index in [9.17, 15) is 9.59 Å². The number of amides is 1. The van der Waals surface area contributed by atoms with E-state index in [1.54, 1.807) is 0 Å². The lowest BCUT2D eigenvalue weighted by molar-refractivity contribution is -0.146. The number of nitrogens with one attached hydrogen (secondary N) is 1. The minimum absolute atomic E-state index is 0.0125. The Morgan fingerprint density at radius 3 is 2.48 bits per heavy atom. The summed E-state index contributed by atoms with van der Waals surface area (Å²) in [5.74, 6) is -0.546. The number of carbonyl (C=O) groups is 2. The number of hydrogen-bond acceptors (Lipinski definition) is 3. The predicted molar refractivity (Wildman–Crippen MR) is 80.5 cm³/mol. The Kier molecular flexibility index (Phi) is 4.66. The molecular formula is C17H23NO3. The predicted octanol–water partition coefficient (Wildman–Crippen LogP) is 2.84. The van der Waals surface area contributed by atoms with Crippen LogP contribution < -0.4 is 5.32 Å². The molecule has 0 radical (unpaired) electrons. The zero-order valence-electron chi connectivity index (χ0n) is 12.9. The summed E-state index contributed by atoms with van der Waals surface area (Å²) < 4.78 is 4.83. The second-order valence-corrected chi connectivity index (χ2v) is 6.31. The maximum atomic E-state index is 12.5. The van der Waals surface area contributed by atoms with Crippen LogP contribution in [-0.4, -0.2) is 19.0 Å². The van der Waals surface area contributed by atoms with E-state index in [-0.39, 0.29) is 17.2 Å². The molecule has 1 amide bonds. The summed E-state index contributed by atoms with van der Waals surface area (Å²) in [5.41, 5.74) is 0.732. The molecule has 4 nitrogen and oxygen atoms in total. The van der Waals surface area contributed by atoms with Crippen molar-refractivity contribution in [1.29, 1.82) is 0 Å². The molecule has 2 atom stereocenters. The van der Waals surface area contributed by atoms with E-state index in [4.69, 9.17) is 4.74 Å². The van der Waals surface area contributed by atoms with Crippen LogP contribution in [0.4, 0.5) is 0 Å². The van der Waals surface area contributed by atoms with Crippen LogP contribution in [0.5, 0.6) is 0 Å². The summed E-state index contributed by atoms with van der Waals surface area (Å²) in [6.45, 7) is 4.22. The van der Waals surface area contributed by atoms with Gasteiger partial charge in [0.25, 0.3) is 0 Å². The molecule has 0 spiro atoms. The second-order valence-electron chi connectivity index (χ2n) is 6.31. The Labute approximate surface area is 125 Å². The fourth-order valence-corrected chi connectivity index (χ4v) is 3.10. The summed E-state index contributed by atoms with van der Waals surface area (Å²) in [7, 11) is 1.34. The highest BCUT2D eigenvalue weighted by Gasteiger charge is 2.40. The van der Waals surface area contributed by atoms with Crippen LogP contribution in [0.2, 0.25) is 0 Å². The molecule has 2 rings (SSSR count). The van der Waals surface area contributed by atoms with E-state index in [1.807, 2.05) is 30.3 Å². The average Bonchev–Trinajstić information content (AvgIpc) is 2.84. The van der Waals surface area contributed by atoms with E-state index < -0.39 is 12.0 Å². The summed E-state index contributed by atoms with van der Waals surface area (Å²) in [4.78, 5) is 24.5. The van der Waals surface area contributed by atoms with Gasteiger partial charge in [0.05, 0.1) is 7.11 Å². The van der Waals surface area contributed by atoms with Crippen LogP contribution in [-0.2, 0) is 14.3 Å². The van der Waals surface area contributed by atoms with Gasteiger partial charge in [0.1, 0.15) is 0 Å².